The van der Waals surface area contributed by atoms with Gasteiger partial charge in [-0.2, -0.15) is 0 Å². The zero-order chi connectivity index (χ0) is 13.8. The molecule has 7 nitrogen and oxygen atoms in total. The molecule has 1 aliphatic rings. The van der Waals surface area contributed by atoms with E-state index in [0.29, 0.717) is 13.1 Å². The molecule has 2 N–H and O–H groups in total. The first-order valence-corrected chi connectivity index (χ1v) is 7.47. The van der Waals surface area contributed by atoms with Crippen LogP contribution in [0.25, 0.3) is 0 Å². The zero-order valence-corrected chi connectivity index (χ0v) is 11.1. The normalized spacial score (nSPS) is 17.7. The molecule has 0 saturated carbocycles. The largest absolute Gasteiger partial charge is 0.481 e. The Labute approximate surface area is 106 Å². The summed E-state index contributed by atoms with van der Waals surface area (Å²) < 4.78 is 25.2. The molecule has 0 spiro atoms. The summed E-state index contributed by atoms with van der Waals surface area (Å²) in [6, 6.07) is -0.845. The topological polar surface area (TPSA) is 104 Å². The summed E-state index contributed by atoms with van der Waals surface area (Å²) in [5.41, 5.74) is 0. The maximum Gasteiger partial charge on any atom is 0.304 e. The highest BCUT2D eigenvalue weighted by atomic mass is 32.2. The van der Waals surface area contributed by atoms with Gasteiger partial charge in [-0.25, -0.2) is 13.1 Å². The van der Waals surface area contributed by atoms with Crippen molar-refractivity contribution in [3.8, 4) is 0 Å². The van der Waals surface area contributed by atoms with Crippen LogP contribution in [0.5, 0.6) is 0 Å². The molecular formula is C10H18N2O5S. The van der Waals surface area contributed by atoms with Crippen LogP contribution in [-0.2, 0) is 19.6 Å². The quantitative estimate of drug-likeness (QED) is 0.674. The van der Waals surface area contributed by atoms with E-state index in [1.54, 1.807) is 4.90 Å². The lowest BCUT2D eigenvalue weighted by Crippen LogP contribution is -2.46. The van der Waals surface area contributed by atoms with Crippen LogP contribution in [0.15, 0.2) is 0 Å². The fourth-order valence-electron chi connectivity index (χ4n) is 1.81. The minimum absolute atomic E-state index is 0.258. The first kappa shape index (κ1) is 14.9. The standard InChI is InChI=1S/C10H18N2O5S/c1-8(10(15)12-5-2-3-6-12)11-18(16,17)7-4-9(13)14/h8,11H,2-7H2,1H3,(H,13,14). The third kappa shape index (κ3) is 4.61. The van der Waals surface area contributed by atoms with E-state index >= 15 is 0 Å². The summed E-state index contributed by atoms with van der Waals surface area (Å²) in [6.45, 7) is 2.78. The number of amides is 1. The number of sulfonamides is 1. The average Bonchev–Trinajstić information content (AvgIpc) is 2.78. The summed E-state index contributed by atoms with van der Waals surface area (Å²) in [5, 5.41) is 8.43. The second kappa shape index (κ2) is 6.14. The molecule has 0 bridgehead atoms. The van der Waals surface area contributed by atoms with Crippen LogP contribution < -0.4 is 4.72 Å². The second-order valence-corrected chi connectivity index (χ2v) is 6.21. The van der Waals surface area contributed by atoms with E-state index in [2.05, 4.69) is 4.72 Å². The molecule has 104 valence electrons. The number of carbonyl (C=O) groups is 2. The minimum atomic E-state index is -3.73. The third-order valence-corrected chi connectivity index (χ3v) is 4.18. The summed E-state index contributed by atoms with van der Waals surface area (Å²) in [5.74, 6) is -1.95. The Morgan fingerprint density at radius 2 is 1.89 bits per heavy atom. The maximum absolute atomic E-state index is 11.8. The molecule has 1 atom stereocenters. The van der Waals surface area contributed by atoms with Gasteiger partial charge in [0, 0.05) is 13.1 Å². The minimum Gasteiger partial charge on any atom is -0.481 e. The van der Waals surface area contributed by atoms with Crippen LogP contribution in [0.4, 0.5) is 0 Å². The smallest absolute Gasteiger partial charge is 0.304 e. The van der Waals surface area contributed by atoms with E-state index in [0.717, 1.165) is 12.8 Å². The van der Waals surface area contributed by atoms with Crippen molar-refractivity contribution >= 4 is 21.9 Å². The number of carboxylic acid groups (broad SMARTS) is 1. The van der Waals surface area contributed by atoms with Gasteiger partial charge in [0.1, 0.15) is 0 Å². The Kier molecular flexibility index (Phi) is 5.09. The van der Waals surface area contributed by atoms with Crippen LogP contribution >= 0.6 is 0 Å². The molecule has 0 radical (unpaired) electrons. The van der Waals surface area contributed by atoms with Crippen molar-refractivity contribution in [3.05, 3.63) is 0 Å². The predicted molar refractivity (Wildman–Crippen MR) is 64.5 cm³/mol. The SMILES string of the molecule is CC(NS(=O)(=O)CCC(=O)O)C(=O)N1CCCC1. The van der Waals surface area contributed by atoms with Crippen molar-refractivity contribution in [1.82, 2.24) is 9.62 Å². The number of hydrogen-bond donors (Lipinski definition) is 2. The number of likely N-dealkylation sites (tertiary alicyclic amines) is 1. The summed E-state index contributed by atoms with van der Waals surface area (Å²) in [6.07, 6.45) is 1.40. The van der Waals surface area contributed by atoms with E-state index in [1.807, 2.05) is 0 Å². The molecule has 1 amide bonds. The summed E-state index contributed by atoms with van der Waals surface area (Å²) >= 11 is 0. The molecule has 0 aliphatic carbocycles. The van der Waals surface area contributed by atoms with Gasteiger partial charge >= 0.3 is 5.97 Å². The number of rotatable bonds is 6. The Morgan fingerprint density at radius 3 is 2.39 bits per heavy atom. The molecule has 18 heavy (non-hydrogen) atoms. The molecule has 0 aromatic rings. The Bertz CT molecular complexity index is 414. The first-order valence-electron chi connectivity index (χ1n) is 5.82. The van der Waals surface area contributed by atoms with Crippen molar-refractivity contribution in [2.75, 3.05) is 18.8 Å². The fraction of sp³-hybridized carbons (Fsp3) is 0.800. The van der Waals surface area contributed by atoms with Gasteiger partial charge in [0.2, 0.25) is 15.9 Å². The van der Waals surface area contributed by atoms with Crippen LogP contribution in [0, 0.1) is 0 Å². The Morgan fingerprint density at radius 1 is 1.33 bits per heavy atom. The van der Waals surface area contributed by atoms with Crippen molar-refractivity contribution in [1.29, 1.82) is 0 Å². The lowest BCUT2D eigenvalue weighted by Gasteiger charge is -2.20. The highest BCUT2D eigenvalue weighted by Gasteiger charge is 2.26. The monoisotopic (exact) mass is 278 g/mol. The van der Waals surface area contributed by atoms with Gasteiger partial charge in [0.25, 0.3) is 0 Å². The molecular weight excluding hydrogens is 260 g/mol. The van der Waals surface area contributed by atoms with Gasteiger partial charge in [-0.1, -0.05) is 0 Å². The van der Waals surface area contributed by atoms with Crippen molar-refractivity contribution in [3.63, 3.8) is 0 Å². The van der Waals surface area contributed by atoms with Gasteiger partial charge in [-0.3, -0.25) is 9.59 Å². The summed E-state index contributed by atoms with van der Waals surface area (Å²) in [4.78, 5) is 23.8. The molecule has 1 fully saturated rings. The molecule has 8 heteroatoms. The second-order valence-electron chi connectivity index (χ2n) is 4.33. The van der Waals surface area contributed by atoms with Gasteiger partial charge in [-0.15, -0.1) is 0 Å². The number of aliphatic carboxylic acids is 1. The molecule has 0 aromatic heterocycles. The van der Waals surface area contributed by atoms with E-state index < -0.39 is 34.2 Å². The number of nitrogens with one attached hydrogen (secondary N) is 1. The Hall–Kier alpha value is -1.15. The van der Waals surface area contributed by atoms with Crippen LogP contribution in [0.3, 0.4) is 0 Å². The number of carbonyl (C=O) groups excluding carboxylic acids is 1. The van der Waals surface area contributed by atoms with Gasteiger partial charge in [0.15, 0.2) is 0 Å². The molecule has 1 aliphatic heterocycles. The van der Waals surface area contributed by atoms with Gasteiger partial charge in [0.05, 0.1) is 18.2 Å². The molecule has 0 aromatic carbocycles. The molecule has 1 unspecified atom stereocenters. The first-order chi connectivity index (χ1) is 8.32. The van der Waals surface area contributed by atoms with E-state index in [1.165, 1.54) is 6.92 Å². The zero-order valence-electron chi connectivity index (χ0n) is 10.3. The Balaban J connectivity index is 2.49. The lowest BCUT2D eigenvalue weighted by molar-refractivity contribution is -0.136. The van der Waals surface area contributed by atoms with Crippen LogP contribution in [0.1, 0.15) is 26.2 Å². The van der Waals surface area contributed by atoms with Crippen molar-refractivity contribution < 1.29 is 23.1 Å². The molecule has 1 saturated heterocycles. The number of nitrogens with zero attached hydrogens (tertiary/aromatic N) is 1. The number of hydrogen-bond acceptors (Lipinski definition) is 4. The fourth-order valence-corrected chi connectivity index (χ4v) is 3.01. The molecule has 1 heterocycles. The third-order valence-electron chi connectivity index (χ3n) is 2.73. The highest BCUT2D eigenvalue weighted by Crippen LogP contribution is 2.09. The van der Waals surface area contributed by atoms with E-state index in [9.17, 15) is 18.0 Å². The maximum atomic E-state index is 11.8. The van der Waals surface area contributed by atoms with E-state index in [4.69, 9.17) is 5.11 Å². The highest BCUT2D eigenvalue weighted by molar-refractivity contribution is 7.89. The van der Waals surface area contributed by atoms with Crippen LogP contribution in [-0.4, -0.2) is 55.2 Å². The van der Waals surface area contributed by atoms with Gasteiger partial charge < -0.3 is 10.0 Å². The molecule has 1 rings (SSSR count). The predicted octanol–water partition coefficient (Wildman–Crippen LogP) is -0.609. The van der Waals surface area contributed by atoms with Crippen molar-refractivity contribution in [2.24, 2.45) is 0 Å². The van der Waals surface area contributed by atoms with E-state index in [-0.39, 0.29) is 5.91 Å². The average molecular weight is 278 g/mol. The van der Waals surface area contributed by atoms with Gasteiger partial charge in [-0.05, 0) is 19.8 Å². The van der Waals surface area contributed by atoms with Crippen LogP contribution in [0.2, 0.25) is 0 Å². The lowest BCUT2D eigenvalue weighted by atomic mass is 10.3. The number of carboxylic acids is 1. The van der Waals surface area contributed by atoms with Crippen molar-refractivity contribution in [2.45, 2.75) is 32.2 Å². The summed E-state index contributed by atoms with van der Waals surface area (Å²) in [7, 11) is -3.73.